The van der Waals surface area contributed by atoms with Crippen LogP contribution in [-0.2, 0) is 23.9 Å². The number of carbonyl (C=O) groups is 3. The van der Waals surface area contributed by atoms with E-state index < -0.39 is 35.4 Å². The molecule has 198 valence electrons. The highest BCUT2D eigenvalue weighted by Gasteiger charge is 2.46. The molecular weight excluding hydrogens is 460 g/mol. The Hall–Kier alpha value is -3.16. The number of unbranched alkanes of at least 4 members (excludes halogenated alkanes) is 3. The van der Waals surface area contributed by atoms with Gasteiger partial charge in [0.25, 0.3) is 0 Å². The standard InChI is InChI=1S/C28H40N2O6/c1-7-9-10-11-12-16-35-24(31)18-22(28(3,4)5)26(32)30-19-21(17-23(30)27(33)34-6)36-25-20(8-2)14-13-15-29-25/h7-8,13-15,21-23H,1-2,9-12,16-19H2,3-6H3/t21-,22-,23+/m1/s1. The van der Waals surface area contributed by atoms with E-state index in [1.807, 2.05) is 32.9 Å². The highest BCUT2D eigenvalue weighted by Crippen LogP contribution is 2.34. The molecule has 0 spiro atoms. The second-order valence-electron chi connectivity index (χ2n) is 10.1. The zero-order valence-electron chi connectivity index (χ0n) is 22.0. The Labute approximate surface area is 214 Å². The molecule has 1 aromatic rings. The van der Waals surface area contributed by atoms with Gasteiger partial charge in [0.1, 0.15) is 12.1 Å². The zero-order valence-corrected chi connectivity index (χ0v) is 22.0. The fourth-order valence-corrected chi connectivity index (χ4v) is 4.24. The summed E-state index contributed by atoms with van der Waals surface area (Å²) in [5.41, 5.74) is 0.188. The van der Waals surface area contributed by atoms with Gasteiger partial charge < -0.3 is 19.1 Å². The molecule has 0 aliphatic carbocycles. The summed E-state index contributed by atoms with van der Waals surface area (Å²) < 4.78 is 16.5. The average Bonchev–Trinajstić information content (AvgIpc) is 3.27. The van der Waals surface area contributed by atoms with Crippen LogP contribution in [0.25, 0.3) is 6.08 Å². The maximum Gasteiger partial charge on any atom is 0.328 e. The molecule has 0 unspecified atom stereocenters. The Morgan fingerprint density at radius 1 is 1.22 bits per heavy atom. The van der Waals surface area contributed by atoms with Crippen molar-refractivity contribution in [1.29, 1.82) is 0 Å². The number of nitrogens with zero attached hydrogens (tertiary/aromatic N) is 2. The second-order valence-corrected chi connectivity index (χ2v) is 10.1. The molecule has 1 fully saturated rings. The van der Waals surface area contributed by atoms with Crippen molar-refractivity contribution in [2.24, 2.45) is 11.3 Å². The van der Waals surface area contributed by atoms with Crippen molar-refractivity contribution in [2.45, 2.75) is 71.4 Å². The summed E-state index contributed by atoms with van der Waals surface area (Å²) in [6.45, 7) is 13.7. The highest BCUT2D eigenvalue weighted by atomic mass is 16.5. The predicted molar refractivity (Wildman–Crippen MR) is 138 cm³/mol. The molecule has 1 aliphatic rings. The maximum atomic E-state index is 13.7. The van der Waals surface area contributed by atoms with Gasteiger partial charge >= 0.3 is 11.9 Å². The number of carbonyl (C=O) groups excluding carboxylic acids is 3. The van der Waals surface area contributed by atoms with E-state index in [4.69, 9.17) is 14.2 Å². The first-order valence-electron chi connectivity index (χ1n) is 12.5. The third kappa shape index (κ3) is 8.21. The van der Waals surface area contributed by atoms with E-state index in [9.17, 15) is 14.4 Å². The van der Waals surface area contributed by atoms with Crippen molar-refractivity contribution >= 4 is 23.9 Å². The highest BCUT2D eigenvalue weighted by molar-refractivity contribution is 5.89. The lowest BCUT2D eigenvalue weighted by Crippen LogP contribution is -2.47. The number of hydrogen-bond acceptors (Lipinski definition) is 7. The van der Waals surface area contributed by atoms with Gasteiger partial charge in [-0.1, -0.05) is 39.5 Å². The van der Waals surface area contributed by atoms with Gasteiger partial charge in [0.05, 0.1) is 32.6 Å². The van der Waals surface area contributed by atoms with E-state index in [1.165, 1.54) is 12.0 Å². The number of methoxy groups -OCH3 is 1. The van der Waals surface area contributed by atoms with Crippen LogP contribution in [0.1, 0.15) is 64.9 Å². The molecule has 1 aromatic heterocycles. The number of pyridine rings is 1. The fourth-order valence-electron chi connectivity index (χ4n) is 4.24. The first kappa shape index (κ1) is 29.1. The quantitative estimate of drug-likeness (QED) is 0.222. The van der Waals surface area contributed by atoms with Gasteiger partial charge in [-0.15, -0.1) is 6.58 Å². The van der Waals surface area contributed by atoms with Crippen molar-refractivity contribution in [2.75, 3.05) is 20.3 Å². The van der Waals surface area contributed by atoms with E-state index >= 15 is 0 Å². The van der Waals surface area contributed by atoms with Crippen molar-refractivity contribution in [3.05, 3.63) is 43.1 Å². The third-order valence-electron chi connectivity index (χ3n) is 6.35. The molecule has 2 heterocycles. The van der Waals surface area contributed by atoms with Crippen LogP contribution in [0, 0.1) is 11.3 Å². The molecule has 2 rings (SSSR count). The van der Waals surface area contributed by atoms with Crippen molar-refractivity contribution in [3.8, 4) is 5.88 Å². The molecule has 36 heavy (non-hydrogen) atoms. The molecule has 8 nitrogen and oxygen atoms in total. The molecule has 0 aromatic carbocycles. The number of allylic oxidation sites excluding steroid dienone is 1. The van der Waals surface area contributed by atoms with Gasteiger partial charge in [-0.05, 0) is 43.2 Å². The minimum atomic E-state index is -0.811. The number of rotatable bonds is 13. The van der Waals surface area contributed by atoms with E-state index in [1.54, 1.807) is 18.3 Å². The predicted octanol–water partition coefficient (Wildman–Crippen LogP) is 4.59. The first-order valence-corrected chi connectivity index (χ1v) is 12.5. The van der Waals surface area contributed by atoms with Gasteiger partial charge in [-0.2, -0.15) is 0 Å². The normalized spacial score (nSPS) is 18.3. The van der Waals surface area contributed by atoms with Gasteiger partial charge in [0, 0.05) is 18.2 Å². The van der Waals surface area contributed by atoms with Crippen LogP contribution in [0.4, 0.5) is 0 Å². The molecule has 0 bridgehead atoms. The number of aromatic nitrogens is 1. The smallest absolute Gasteiger partial charge is 0.328 e. The number of amides is 1. The van der Waals surface area contributed by atoms with Crippen LogP contribution in [0.15, 0.2) is 37.6 Å². The summed E-state index contributed by atoms with van der Waals surface area (Å²) in [5.74, 6) is -1.52. The molecule has 1 saturated heterocycles. The largest absolute Gasteiger partial charge is 0.472 e. The lowest BCUT2D eigenvalue weighted by molar-refractivity contribution is -0.157. The average molecular weight is 501 g/mol. The lowest BCUT2D eigenvalue weighted by Gasteiger charge is -2.34. The second kappa shape index (κ2) is 13.8. The minimum absolute atomic E-state index is 0.0637. The Morgan fingerprint density at radius 3 is 2.61 bits per heavy atom. The Balaban J connectivity index is 2.12. The minimum Gasteiger partial charge on any atom is -0.472 e. The molecular formula is C28H40N2O6. The molecule has 0 saturated carbocycles. The number of hydrogen-bond donors (Lipinski definition) is 0. The van der Waals surface area contributed by atoms with Crippen molar-refractivity contribution < 1.29 is 28.6 Å². The van der Waals surface area contributed by atoms with E-state index in [-0.39, 0.29) is 25.3 Å². The lowest BCUT2D eigenvalue weighted by atomic mass is 9.77. The van der Waals surface area contributed by atoms with Crippen LogP contribution >= 0.6 is 0 Å². The van der Waals surface area contributed by atoms with Gasteiger partial charge in [-0.3, -0.25) is 9.59 Å². The monoisotopic (exact) mass is 500 g/mol. The number of likely N-dealkylation sites (tertiary alicyclic amines) is 1. The van der Waals surface area contributed by atoms with Crippen LogP contribution in [0.3, 0.4) is 0 Å². The SMILES string of the molecule is C=CCCCCCOC(=O)C[C@H](C(=O)N1C[C@H](Oc2ncccc2C=C)C[C@H]1C(=O)OC)C(C)(C)C. The summed E-state index contributed by atoms with van der Waals surface area (Å²) in [7, 11) is 1.29. The molecule has 1 aliphatic heterocycles. The first-order chi connectivity index (χ1) is 17.1. The van der Waals surface area contributed by atoms with E-state index in [0.717, 1.165) is 31.2 Å². The number of ether oxygens (including phenoxy) is 3. The number of esters is 2. The van der Waals surface area contributed by atoms with Gasteiger partial charge in [0.15, 0.2) is 0 Å². The van der Waals surface area contributed by atoms with Crippen LogP contribution in [-0.4, -0.2) is 60.1 Å². The fraction of sp³-hybridized carbons (Fsp3) is 0.571. The molecule has 0 radical (unpaired) electrons. The molecule has 3 atom stereocenters. The van der Waals surface area contributed by atoms with Crippen molar-refractivity contribution in [1.82, 2.24) is 9.88 Å². The zero-order chi connectivity index (χ0) is 26.7. The summed E-state index contributed by atoms with van der Waals surface area (Å²) >= 11 is 0. The topological polar surface area (TPSA) is 95.0 Å². The van der Waals surface area contributed by atoms with Crippen LogP contribution in [0.5, 0.6) is 5.88 Å². The van der Waals surface area contributed by atoms with Crippen molar-refractivity contribution in [3.63, 3.8) is 0 Å². The molecule has 8 heteroatoms. The molecule has 0 N–H and O–H groups in total. The van der Waals surface area contributed by atoms with Crippen LogP contribution in [0.2, 0.25) is 0 Å². The van der Waals surface area contributed by atoms with E-state index in [0.29, 0.717) is 12.5 Å². The van der Waals surface area contributed by atoms with Gasteiger partial charge in [0.2, 0.25) is 11.8 Å². The Morgan fingerprint density at radius 2 is 1.97 bits per heavy atom. The van der Waals surface area contributed by atoms with Gasteiger partial charge in [-0.25, -0.2) is 9.78 Å². The summed E-state index contributed by atoms with van der Waals surface area (Å²) in [6, 6.07) is 2.79. The summed E-state index contributed by atoms with van der Waals surface area (Å²) in [6.07, 6.45) is 8.51. The summed E-state index contributed by atoms with van der Waals surface area (Å²) in [4.78, 5) is 44.7. The van der Waals surface area contributed by atoms with Crippen LogP contribution < -0.4 is 4.74 Å². The maximum absolute atomic E-state index is 13.7. The Kier molecular flexibility index (Phi) is 11.1. The Bertz CT molecular complexity index is 923. The molecule has 1 amide bonds. The summed E-state index contributed by atoms with van der Waals surface area (Å²) in [5, 5.41) is 0. The third-order valence-corrected chi connectivity index (χ3v) is 6.35. The van der Waals surface area contributed by atoms with E-state index in [2.05, 4.69) is 18.1 Å².